The van der Waals surface area contributed by atoms with Gasteiger partial charge in [-0.2, -0.15) is 0 Å². The van der Waals surface area contributed by atoms with Gasteiger partial charge in [-0.05, 0) is 46.2 Å². The van der Waals surface area contributed by atoms with Crippen molar-refractivity contribution in [1.29, 1.82) is 0 Å². The summed E-state index contributed by atoms with van der Waals surface area (Å²) in [7, 11) is 4.10. The lowest BCUT2D eigenvalue weighted by atomic mass is 10.1. The summed E-state index contributed by atoms with van der Waals surface area (Å²) in [4.78, 5) is 28.9. The van der Waals surface area contributed by atoms with Crippen LogP contribution in [0.3, 0.4) is 0 Å². The summed E-state index contributed by atoms with van der Waals surface area (Å²) in [6.45, 7) is 7.56. The zero-order valence-electron chi connectivity index (χ0n) is 25.7. The fraction of sp³-hybridized carbons (Fsp3) is 0.875. The van der Waals surface area contributed by atoms with E-state index in [-0.39, 0.29) is 11.2 Å². The van der Waals surface area contributed by atoms with Gasteiger partial charge in [0.05, 0.1) is 0 Å². The van der Waals surface area contributed by atoms with Crippen LogP contribution in [-0.4, -0.2) is 67.1 Å². The molecule has 0 spiro atoms. The van der Waals surface area contributed by atoms with Crippen molar-refractivity contribution in [1.82, 2.24) is 9.80 Å². The molecule has 0 rings (SSSR count). The van der Waals surface area contributed by atoms with Gasteiger partial charge in [0.25, 0.3) is 5.24 Å². The maximum atomic E-state index is 12.8. The van der Waals surface area contributed by atoms with E-state index in [1.165, 1.54) is 82.4 Å². The van der Waals surface area contributed by atoms with Crippen LogP contribution in [0.15, 0.2) is 12.2 Å². The molecule has 0 saturated carbocycles. The van der Waals surface area contributed by atoms with Crippen LogP contribution in [0.5, 0.6) is 0 Å². The first-order valence-corrected chi connectivity index (χ1v) is 16.9. The first-order valence-electron chi connectivity index (χ1n) is 15.9. The summed E-state index contributed by atoms with van der Waals surface area (Å²) < 4.78 is 5.31. The van der Waals surface area contributed by atoms with Crippen LogP contribution >= 0.6 is 11.8 Å². The van der Waals surface area contributed by atoms with E-state index in [0.29, 0.717) is 13.0 Å². The summed E-state index contributed by atoms with van der Waals surface area (Å²) in [5.41, 5.74) is 0. The second-order valence-electron chi connectivity index (χ2n) is 10.9. The third-order valence-corrected chi connectivity index (χ3v) is 7.74. The molecule has 0 heterocycles. The third kappa shape index (κ3) is 26.6. The van der Waals surface area contributed by atoms with Crippen LogP contribution in [0.4, 0.5) is 4.79 Å². The van der Waals surface area contributed by atoms with E-state index < -0.39 is 0 Å². The molecular formula is C32H62N2O3S. The number of amides is 1. The van der Waals surface area contributed by atoms with Gasteiger partial charge in [0.2, 0.25) is 0 Å². The first-order chi connectivity index (χ1) is 18.5. The lowest BCUT2D eigenvalue weighted by Crippen LogP contribution is -2.30. The Morgan fingerprint density at radius 1 is 0.658 bits per heavy atom. The molecule has 5 nitrogen and oxygen atoms in total. The summed E-state index contributed by atoms with van der Waals surface area (Å²) in [6, 6.07) is 0. The van der Waals surface area contributed by atoms with Crippen LogP contribution in [0.2, 0.25) is 0 Å². The van der Waals surface area contributed by atoms with Crippen LogP contribution in [0.25, 0.3) is 0 Å². The highest BCUT2D eigenvalue weighted by atomic mass is 32.2. The van der Waals surface area contributed by atoms with Gasteiger partial charge in [-0.1, -0.05) is 121 Å². The molecule has 0 aliphatic rings. The Morgan fingerprint density at radius 3 is 1.76 bits per heavy atom. The predicted molar refractivity (Wildman–Crippen MR) is 167 cm³/mol. The Kier molecular flexibility index (Phi) is 28.2. The molecule has 0 aliphatic carbocycles. The molecule has 0 bridgehead atoms. The SMILES string of the molecule is CCCCCCC=CCOC(=O)CCCCCCCN(CCCCCCCCCC)C(=O)SCCN(C)C. The average Bonchev–Trinajstić information content (AvgIpc) is 2.89. The maximum Gasteiger partial charge on any atom is 0.306 e. The van der Waals surface area contributed by atoms with E-state index in [9.17, 15) is 9.59 Å². The standard InChI is InChI=1S/C32H62N2O3S/c1-5-7-9-11-13-14-18-22-26-34(32(36)38-30-28-33(3)4)27-23-19-16-17-21-25-31(35)37-29-24-20-15-12-10-8-6-2/h20,24H,5-19,21-23,25-30H2,1-4H3. The smallest absolute Gasteiger partial charge is 0.306 e. The molecule has 0 aliphatic heterocycles. The number of hydrogen-bond acceptors (Lipinski definition) is 5. The van der Waals surface area contributed by atoms with Crippen molar-refractivity contribution in [3.63, 3.8) is 0 Å². The highest BCUT2D eigenvalue weighted by Crippen LogP contribution is 2.15. The number of unbranched alkanes of at least 4 members (excludes halogenated alkanes) is 15. The van der Waals surface area contributed by atoms with Gasteiger partial charge in [-0.25, -0.2) is 0 Å². The number of carbonyl (C=O) groups excluding carboxylic acids is 2. The Labute approximate surface area is 240 Å². The number of esters is 1. The number of nitrogens with zero attached hydrogens (tertiary/aromatic N) is 2. The number of thioether (sulfide) groups is 1. The minimum absolute atomic E-state index is 0.0856. The highest BCUT2D eigenvalue weighted by Gasteiger charge is 2.13. The fourth-order valence-corrected chi connectivity index (χ4v) is 5.32. The zero-order chi connectivity index (χ0) is 28.1. The summed E-state index contributed by atoms with van der Waals surface area (Å²) in [6.07, 6.45) is 26.3. The van der Waals surface area contributed by atoms with E-state index in [2.05, 4.69) is 43.8 Å². The molecular weight excluding hydrogens is 492 g/mol. The number of carbonyl (C=O) groups is 2. The normalized spacial score (nSPS) is 11.5. The zero-order valence-corrected chi connectivity index (χ0v) is 26.5. The Bertz CT molecular complexity index is 569. The maximum absolute atomic E-state index is 12.8. The quantitative estimate of drug-likeness (QED) is 0.0575. The van der Waals surface area contributed by atoms with Crippen molar-refractivity contribution in [2.24, 2.45) is 0 Å². The number of rotatable bonds is 27. The number of hydrogen-bond donors (Lipinski definition) is 0. The lowest BCUT2D eigenvalue weighted by Gasteiger charge is -2.22. The minimum Gasteiger partial charge on any atom is -0.461 e. The summed E-state index contributed by atoms with van der Waals surface area (Å²) in [5.74, 6) is 0.766. The molecule has 224 valence electrons. The highest BCUT2D eigenvalue weighted by molar-refractivity contribution is 8.13. The van der Waals surface area contributed by atoms with Crippen LogP contribution in [-0.2, 0) is 9.53 Å². The van der Waals surface area contributed by atoms with E-state index >= 15 is 0 Å². The van der Waals surface area contributed by atoms with E-state index in [0.717, 1.165) is 70.3 Å². The molecule has 0 fully saturated rings. The molecule has 0 unspecified atom stereocenters. The van der Waals surface area contributed by atoms with Crippen LogP contribution in [0, 0.1) is 0 Å². The van der Waals surface area contributed by atoms with Crippen molar-refractivity contribution >= 4 is 23.0 Å². The van der Waals surface area contributed by atoms with E-state index in [1.807, 2.05) is 6.08 Å². The summed E-state index contributed by atoms with van der Waals surface area (Å²) >= 11 is 1.47. The fourth-order valence-electron chi connectivity index (χ4n) is 4.33. The van der Waals surface area contributed by atoms with Crippen molar-refractivity contribution in [2.45, 2.75) is 136 Å². The van der Waals surface area contributed by atoms with Crippen LogP contribution in [0.1, 0.15) is 136 Å². The van der Waals surface area contributed by atoms with Gasteiger partial charge in [-0.3, -0.25) is 9.59 Å². The van der Waals surface area contributed by atoms with Crippen molar-refractivity contribution in [2.75, 3.05) is 46.1 Å². The van der Waals surface area contributed by atoms with Crippen molar-refractivity contribution < 1.29 is 14.3 Å². The molecule has 0 N–H and O–H groups in total. The molecule has 0 saturated heterocycles. The van der Waals surface area contributed by atoms with Gasteiger partial charge < -0.3 is 14.5 Å². The van der Waals surface area contributed by atoms with Crippen molar-refractivity contribution in [3.05, 3.63) is 12.2 Å². The molecule has 0 radical (unpaired) electrons. The van der Waals surface area contributed by atoms with Gasteiger partial charge in [0, 0.05) is 31.8 Å². The second kappa shape index (κ2) is 29.0. The molecule has 0 atom stereocenters. The van der Waals surface area contributed by atoms with Gasteiger partial charge in [0.1, 0.15) is 6.61 Å². The lowest BCUT2D eigenvalue weighted by molar-refractivity contribution is -0.142. The van der Waals surface area contributed by atoms with Crippen molar-refractivity contribution in [3.8, 4) is 0 Å². The largest absolute Gasteiger partial charge is 0.461 e. The molecule has 0 aromatic rings. The Balaban J connectivity index is 3.99. The Morgan fingerprint density at radius 2 is 1.18 bits per heavy atom. The van der Waals surface area contributed by atoms with E-state index in [4.69, 9.17) is 4.74 Å². The molecule has 6 heteroatoms. The average molecular weight is 555 g/mol. The predicted octanol–water partition coefficient (Wildman–Crippen LogP) is 9.25. The van der Waals surface area contributed by atoms with Crippen LogP contribution < -0.4 is 0 Å². The second-order valence-corrected chi connectivity index (χ2v) is 11.9. The first kappa shape index (κ1) is 37.0. The van der Waals surface area contributed by atoms with Gasteiger partial charge in [0.15, 0.2) is 0 Å². The van der Waals surface area contributed by atoms with E-state index in [1.54, 1.807) is 0 Å². The minimum atomic E-state index is -0.0856. The molecule has 0 aromatic carbocycles. The molecule has 1 amide bonds. The monoisotopic (exact) mass is 554 g/mol. The Hall–Kier alpha value is -1.01. The molecule has 38 heavy (non-hydrogen) atoms. The number of allylic oxidation sites excluding steroid dienone is 1. The van der Waals surface area contributed by atoms with Gasteiger partial charge >= 0.3 is 5.97 Å². The number of ether oxygens (including phenoxy) is 1. The topological polar surface area (TPSA) is 49.9 Å². The molecule has 0 aromatic heterocycles. The third-order valence-electron chi connectivity index (χ3n) is 6.84. The summed E-state index contributed by atoms with van der Waals surface area (Å²) in [5, 5.41) is 0.243. The van der Waals surface area contributed by atoms with Gasteiger partial charge in [-0.15, -0.1) is 0 Å².